The lowest BCUT2D eigenvalue weighted by atomic mass is 9.78. The van der Waals surface area contributed by atoms with Gasteiger partial charge in [-0.3, -0.25) is 4.79 Å². The molecule has 2 unspecified atom stereocenters. The van der Waals surface area contributed by atoms with Crippen LogP contribution in [0.15, 0.2) is 0 Å². The minimum absolute atomic E-state index is 0.127. The molecule has 0 aromatic heterocycles. The molecule has 2 rings (SSSR count). The molecular formula is C13H24N2O. The monoisotopic (exact) mass is 224 g/mol. The van der Waals surface area contributed by atoms with Gasteiger partial charge in [-0.05, 0) is 45.1 Å². The van der Waals surface area contributed by atoms with E-state index in [2.05, 4.69) is 24.5 Å². The molecule has 2 fully saturated rings. The quantitative estimate of drug-likeness (QED) is 0.763. The maximum absolute atomic E-state index is 12.3. The second kappa shape index (κ2) is 4.74. The molecule has 1 aliphatic carbocycles. The lowest BCUT2D eigenvalue weighted by Gasteiger charge is -2.35. The van der Waals surface area contributed by atoms with E-state index in [0.717, 1.165) is 31.8 Å². The van der Waals surface area contributed by atoms with Gasteiger partial charge in [-0.1, -0.05) is 13.3 Å². The summed E-state index contributed by atoms with van der Waals surface area (Å²) >= 11 is 0. The highest BCUT2D eigenvalue weighted by Crippen LogP contribution is 2.32. The second-order valence-electron chi connectivity index (χ2n) is 5.51. The van der Waals surface area contributed by atoms with Gasteiger partial charge in [-0.25, -0.2) is 0 Å². The predicted molar refractivity (Wildman–Crippen MR) is 65.2 cm³/mol. The molecule has 0 radical (unpaired) electrons. The van der Waals surface area contributed by atoms with Gasteiger partial charge in [0.05, 0.1) is 5.41 Å². The van der Waals surface area contributed by atoms with Crippen LogP contribution in [0.25, 0.3) is 0 Å². The van der Waals surface area contributed by atoms with Crippen molar-refractivity contribution in [3.05, 3.63) is 0 Å². The molecule has 0 spiro atoms. The summed E-state index contributed by atoms with van der Waals surface area (Å²) in [5.41, 5.74) is -0.127. The van der Waals surface area contributed by atoms with E-state index in [4.69, 9.17) is 0 Å². The van der Waals surface area contributed by atoms with Gasteiger partial charge in [0.2, 0.25) is 5.91 Å². The molecule has 0 aromatic carbocycles. The molecule has 0 bridgehead atoms. The van der Waals surface area contributed by atoms with Gasteiger partial charge in [-0.15, -0.1) is 0 Å². The van der Waals surface area contributed by atoms with E-state index in [1.807, 2.05) is 0 Å². The van der Waals surface area contributed by atoms with Crippen molar-refractivity contribution in [2.45, 2.75) is 52.0 Å². The Morgan fingerprint density at radius 3 is 2.75 bits per heavy atom. The lowest BCUT2D eigenvalue weighted by molar-refractivity contribution is -0.131. The standard InChI is InChI=1S/C13H24N2O/c1-3-13(7-8-14-9-13)12(16)15-10(2)11-5-4-6-11/h10-11,14H,3-9H2,1-2H3,(H,15,16). The van der Waals surface area contributed by atoms with Crippen molar-refractivity contribution in [2.75, 3.05) is 13.1 Å². The summed E-state index contributed by atoms with van der Waals surface area (Å²) in [4.78, 5) is 12.3. The first-order chi connectivity index (χ1) is 7.68. The molecule has 1 saturated heterocycles. The third-order valence-corrected chi connectivity index (χ3v) is 4.62. The van der Waals surface area contributed by atoms with E-state index in [1.54, 1.807) is 0 Å². The third-order valence-electron chi connectivity index (χ3n) is 4.62. The van der Waals surface area contributed by atoms with Crippen LogP contribution >= 0.6 is 0 Å². The highest BCUT2D eigenvalue weighted by Gasteiger charge is 2.40. The first kappa shape index (κ1) is 11.9. The fourth-order valence-corrected chi connectivity index (χ4v) is 2.82. The van der Waals surface area contributed by atoms with Gasteiger partial charge in [0, 0.05) is 12.6 Å². The van der Waals surface area contributed by atoms with Crippen LogP contribution < -0.4 is 10.6 Å². The highest BCUT2D eigenvalue weighted by molar-refractivity contribution is 5.83. The van der Waals surface area contributed by atoms with Crippen molar-refractivity contribution >= 4 is 5.91 Å². The van der Waals surface area contributed by atoms with Crippen LogP contribution in [0.2, 0.25) is 0 Å². The summed E-state index contributed by atoms with van der Waals surface area (Å²) in [6.45, 7) is 6.12. The summed E-state index contributed by atoms with van der Waals surface area (Å²) in [5, 5.41) is 6.55. The lowest BCUT2D eigenvalue weighted by Crippen LogP contribution is -2.48. The molecule has 92 valence electrons. The Kier molecular flexibility index (Phi) is 3.53. The first-order valence-electron chi connectivity index (χ1n) is 6.69. The van der Waals surface area contributed by atoms with E-state index < -0.39 is 0 Å². The van der Waals surface area contributed by atoms with E-state index in [-0.39, 0.29) is 11.3 Å². The molecule has 1 heterocycles. The molecule has 3 heteroatoms. The average molecular weight is 224 g/mol. The minimum atomic E-state index is -0.127. The number of carbonyl (C=O) groups is 1. The van der Waals surface area contributed by atoms with Crippen LogP contribution in [0.1, 0.15) is 46.0 Å². The molecular weight excluding hydrogens is 200 g/mol. The summed E-state index contributed by atoms with van der Waals surface area (Å²) in [6.07, 6.45) is 5.86. The van der Waals surface area contributed by atoms with Crippen LogP contribution in [0, 0.1) is 11.3 Å². The Morgan fingerprint density at radius 1 is 1.56 bits per heavy atom. The summed E-state index contributed by atoms with van der Waals surface area (Å²) in [5.74, 6) is 1.01. The zero-order chi connectivity index (χ0) is 11.6. The Morgan fingerprint density at radius 2 is 2.31 bits per heavy atom. The Bertz CT molecular complexity index is 255. The zero-order valence-electron chi connectivity index (χ0n) is 10.5. The van der Waals surface area contributed by atoms with Gasteiger partial charge in [0.15, 0.2) is 0 Å². The highest BCUT2D eigenvalue weighted by atomic mass is 16.2. The van der Waals surface area contributed by atoms with Crippen molar-refractivity contribution < 1.29 is 4.79 Å². The van der Waals surface area contributed by atoms with Gasteiger partial charge in [-0.2, -0.15) is 0 Å². The van der Waals surface area contributed by atoms with Gasteiger partial charge in [0.1, 0.15) is 0 Å². The maximum atomic E-state index is 12.3. The van der Waals surface area contributed by atoms with Gasteiger partial charge < -0.3 is 10.6 Å². The summed E-state index contributed by atoms with van der Waals surface area (Å²) in [7, 11) is 0. The van der Waals surface area contributed by atoms with E-state index in [1.165, 1.54) is 19.3 Å². The van der Waals surface area contributed by atoms with Crippen LogP contribution in [0.5, 0.6) is 0 Å². The van der Waals surface area contributed by atoms with Crippen LogP contribution in [0.4, 0.5) is 0 Å². The number of nitrogens with one attached hydrogen (secondary N) is 2. The fraction of sp³-hybridized carbons (Fsp3) is 0.923. The minimum Gasteiger partial charge on any atom is -0.353 e. The molecule has 2 atom stereocenters. The predicted octanol–water partition coefficient (Wildman–Crippen LogP) is 1.68. The normalized spacial score (nSPS) is 32.1. The summed E-state index contributed by atoms with van der Waals surface area (Å²) in [6, 6.07) is 0.366. The number of hydrogen-bond acceptors (Lipinski definition) is 2. The molecule has 3 nitrogen and oxygen atoms in total. The Hall–Kier alpha value is -0.570. The molecule has 1 aliphatic heterocycles. The third kappa shape index (κ3) is 2.10. The SMILES string of the molecule is CCC1(C(=O)NC(C)C2CCC2)CCNC1. The first-order valence-corrected chi connectivity index (χ1v) is 6.69. The van der Waals surface area contributed by atoms with E-state index in [9.17, 15) is 4.79 Å². The number of rotatable bonds is 4. The van der Waals surface area contributed by atoms with Crippen molar-refractivity contribution in [1.29, 1.82) is 0 Å². The fourth-order valence-electron chi connectivity index (χ4n) is 2.82. The summed E-state index contributed by atoms with van der Waals surface area (Å²) < 4.78 is 0. The second-order valence-corrected chi connectivity index (χ2v) is 5.51. The topological polar surface area (TPSA) is 41.1 Å². The van der Waals surface area contributed by atoms with Crippen LogP contribution in [0.3, 0.4) is 0 Å². The zero-order valence-corrected chi connectivity index (χ0v) is 10.5. The number of hydrogen-bond donors (Lipinski definition) is 2. The maximum Gasteiger partial charge on any atom is 0.227 e. The van der Waals surface area contributed by atoms with E-state index >= 15 is 0 Å². The molecule has 2 aliphatic rings. The van der Waals surface area contributed by atoms with Gasteiger partial charge in [0.25, 0.3) is 0 Å². The number of amides is 1. The molecule has 16 heavy (non-hydrogen) atoms. The van der Waals surface area contributed by atoms with Crippen LogP contribution in [-0.4, -0.2) is 25.0 Å². The van der Waals surface area contributed by atoms with Crippen molar-refractivity contribution in [1.82, 2.24) is 10.6 Å². The number of carbonyl (C=O) groups excluding carboxylic acids is 1. The molecule has 2 N–H and O–H groups in total. The van der Waals surface area contributed by atoms with Gasteiger partial charge >= 0.3 is 0 Å². The van der Waals surface area contributed by atoms with Crippen molar-refractivity contribution in [3.8, 4) is 0 Å². The molecule has 0 aromatic rings. The Balaban J connectivity index is 1.90. The van der Waals surface area contributed by atoms with E-state index in [0.29, 0.717) is 6.04 Å². The van der Waals surface area contributed by atoms with Crippen molar-refractivity contribution in [3.63, 3.8) is 0 Å². The largest absolute Gasteiger partial charge is 0.353 e. The Labute approximate surface area is 98.4 Å². The van der Waals surface area contributed by atoms with Crippen LogP contribution in [-0.2, 0) is 4.79 Å². The molecule has 1 amide bonds. The molecule has 1 saturated carbocycles. The smallest absolute Gasteiger partial charge is 0.227 e. The average Bonchev–Trinajstić information content (AvgIpc) is 2.63. The van der Waals surface area contributed by atoms with Crippen molar-refractivity contribution in [2.24, 2.45) is 11.3 Å².